The molecular formula is C11H6Br2F2N2O2S. The van der Waals surface area contributed by atoms with Crippen LogP contribution < -0.4 is 4.72 Å². The van der Waals surface area contributed by atoms with E-state index in [9.17, 15) is 17.2 Å². The molecule has 1 N–H and O–H groups in total. The first-order chi connectivity index (χ1) is 9.29. The molecule has 2 rings (SSSR count). The summed E-state index contributed by atoms with van der Waals surface area (Å²) in [6, 6.07) is 4.34. The number of aromatic nitrogens is 1. The summed E-state index contributed by atoms with van der Waals surface area (Å²) >= 11 is 5.94. The van der Waals surface area contributed by atoms with E-state index in [-0.39, 0.29) is 10.2 Å². The molecule has 1 aromatic heterocycles. The van der Waals surface area contributed by atoms with Gasteiger partial charge < -0.3 is 0 Å². The standard InChI is InChI=1S/C11H6Br2F2N2O2S/c12-8-3-6(14)4-9(15)11(8)20(18,19)17-7-1-2-10(13)16-5-7/h1-5,17H. The largest absolute Gasteiger partial charge is 0.278 e. The fraction of sp³-hybridized carbons (Fsp3) is 0. The van der Waals surface area contributed by atoms with Crippen molar-refractivity contribution in [3.05, 3.63) is 51.2 Å². The molecular weight excluding hydrogens is 422 g/mol. The van der Waals surface area contributed by atoms with Crippen LogP contribution in [-0.2, 0) is 10.0 Å². The number of nitrogens with zero attached hydrogens (tertiary/aromatic N) is 1. The highest BCUT2D eigenvalue weighted by Gasteiger charge is 2.23. The average molecular weight is 428 g/mol. The number of pyridine rings is 1. The minimum Gasteiger partial charge on any atom is -0.278 e. The summed E-state index contributed by atoms with van der Waals surface area (Å²) in [4.78, 5) is 3.18. The Balaban J connectivity index is 2.43. The second kappa shape index (κ2) is 5.74. The zero-order chi connectivity index (χ0) is 14.9. The molecule has 0 fully saturated rings. The maximum atomic E-state index is 13.7. The monoisotopic (exact) mass is 426 g/mol. The van der Waals surface area contributed by atoms with Crippen LogP contribution in [0.4, 0.5) is 14.5 Å². The molecule has 0 aliphatic rings. The summed E-state index contributed by atoms with van der Waals surface area (Å²) in [7, 11) is -4.20. The molecule has 0 atom stereocenters. The smallest absolute Gasteiger partial charge is 0.266 e. The van der Waals surface area contributed by atoms with Gasteiger partial charge in [-0.15, -0.1) is 0 Å². The third kappa shape index (κ3) is 3.33. The Bertz CT molecular complexity index is 729. The minimum absolute atomic E-state index is 0.156. The normalized spacial score (nSPS) is 11.4. The van der Waals surface area contributed by atoms with E-state index in [1.165, 1.54) is 18.3 Å². The quantitative estimate of drug-likeness (QED) is 0.760. The van der Waals surface area contributed by atoms with E-state index in [1.807, 2.05) is 0 Å². The van der Waals surface area contributed by atoms with E-state index in [2.05, 4.69) is 41.6 Å². The van der Waals surface area contributed by atoms with Crippen LogP contribution in [0.5, 0.6) is 0 Å². The molecule has 4 nitrogen and oxygen atoms in total. The van der Waals surface area contributed by atoms with E-state index < -0.39 is 26.6 Å². The fourth-order valence-corrected chi connectivity index (χ4v) is 3.87. The number of hydrogen-bond acceptors (Lipinski definition) is 3. The van der Waals surface area contributed by atoms with Gasteiger partial charge in [0.25, 0.3) is 10.0 Å². The van der Waals surface area contributed by atoms with Crippen LogP contribution in [0.1, 0.15) is 0 Å². The van der Waals surface area contributed by atoms with Crippen LogP contribution in [-0.4, -0.2) is 13.4 Å². The molecule has 0 saturated heterocycles. The Morgan fingerprint density at radius 2 is 1.85 bits per heavy atom. The number of nitrogens with one attached hydrogen (secondary N) is 1. The molecule has 9 heteroatoms. The zero-order valence-corrected chi connectivity index (χ0v) is 13.6. The van der Waals surface area contributed by atoms with Gasteiger partial charge in [0.15, 0.2) is 0 Å². The lowest BCUT2D eigenvalue weighted by molar-refractivity contribution is 0.548. The minimum atomic E-state index is -4.20. The Morgan fingerprint density at radius 1 is 1.15 bits per heavy atom. The number of sulfonamides is 1. The SMILES string of the molecule is O=S(=O)(Nc1ccc(Br)nc1)c1c(F)cc(F)cc1Br. The molecule has 0 radical (unpaired) electrons. The van der Waals surface area contributed by atoms with Gasteiger partial charge in [0.1, 0.15) is 21.1 Å². The molecule has 0 amide bonds. The van der Waals surface area contributed by atoms with Crippen molar-refractivity contribution in [2.24, 2.45) is 0 Å². The van der Waals surface area contributed by atoms with E-state index in [0.717, 1.165) is 6.07 Å². The second-order valence-electron chi connectivity index (χ2n) is 3.67. The van der Waals surface area contributed by atoms with Crippen molar-refractivity contribution in [3.63, 3.8) is 0 Å². The fourth-order valence-electron chi connectivity index (χ4n) is 1.43. The van der Waals surface area contributed by atoms with Gasteiger partial charge in [0, 0.05) is 10.5 Å². The summed E-state index contributed by atoms with van der Waals surface area (Å²) in [6.07, 6.45) is 1.26. The number of halogens is 4. The van der Waals surface area contributed by atoms with E-state index >= 15 is 0 Å². The van der Waals surface area contributed by atoms with Gasteiger partial charge in [-0.1, -0.05) is 0 Å². The average Bonchev–Trinajstić information content (AvgIpc) is 2.30. The van der Waals surface area contributed by atoms with E-state index in [4.69, 9.17) is 0 Å². The van der Waals surface area contributed by atoms with Gasteiger partial charge in [-0.05, 0) is 50.1 Å². The number of anilines is 1. The molecule has 0 bridgehead atoms. The van der Waals surface area contributed by atoms with Crippen molar-refractivity contribution < 1.29 is 17.2 Å². The summed E-state index contributed by atoms with van der Waals surface area (Å²) in [6.45, 7) is 0. The maximum Gasteiger partial charge on any atom is 0.266 e. The van der Waals surface area contributed by atoms with Crippen molar-refractivity contribution in [2.45, 2.75) is 4.90 Å². The van der Waals surface area contributed by atoms with Crippen LogP contribution in [0.2, 0.25) is 0 Å². The number of rotatable bonds is 3. The van der Waals surface area contributed by atoms with Gasteiger partial charge in [0.2, 0.25) is 0 Å². The molecule has 20 heavy (non-hydrogen) atoms. The number of benzene rings is 1. The Hall–Kier alpha value is -1.06. The molecule has 2 aromatic rings. The highest BCUT2D eigenvalue weighted by atomic mass is 79.9. The van der Waals surface area contributed by atoms with Crippen molar-refractivity contribution in [1.29, 1.82) is 0 Å². The topological polar surface area (TPSA) is 59.1 Å². The van der Waals surface area contributed by atoms with E-state index in [0.29, 0.717) is 10.7 Å². The molecule has 0 aliphatic heterocycles. The zero-order valence-electron chi connectivity index (χ0n) is 9.57. The van der Waals surface area contributed by atoms with Gasteiger partial charge in [-0.3, -0.25) is 4.72 Å². The van der Waals surface area contributed by atoms with Gasteiger partial charge in [-0.25, -0.2) is 22.2 Å². The van der Waals surface area contributed by atoms with Crippen LogP contribution in [0.15, 0.2) is 44.4 Å². The van der Waals surface area contributed by atoms with Crippen molar-refractivity contribution in [1.82, 2.24) is 4.98 Å². The Kier molecular flexibility index (Phi) is 4.40. The summed E-state index contributed by atoms with van der Waals surface area (Å²) < 4.78 is 53.3. The van der Waals surface area contributed by atoms with Crippen molar-refractivity contribution in [2.75, 3.05) is 4.72 Å². The molecule has 1 heterocycles. The molecule has 1 aromatic carbocycles. The summed E-state index contributed by atoms with van der Waals surface area (Å²) in [5.41, 5.74) is 0.156. The Labute approximate surface area is 130 Å². The predicted molar refractivity (Wildman–Crippen MR) is 76.8 cm³/mol. The maximum absolute atomic E-state index is 13.7. The van der Waals surface area contributed by atoms with Crippen molar-refractivity contribution >= 4 is 47.6 Å². The van der Waals surface area contributed by atoms with E-state index in [1.54, 1.807) is 0 Å². The van der Waals surface area contributed by atoms with Crippen molar-refractivity contribution in [3.8, 4) is 0 Å². The lowest BCUT2D eigenvalue weighted by Gasteiger charge is -2.10. The Morgan fingerprint density at radius 3 is 2.40 bits per heavy atom. The lowest BCUT2D eigenvalue weighted by atomic mass is 10.3. The third-order valence-electron chi connectivity index (χ3n) is 2.21. The van der Waals surface area contributed by atoms with Gasteiger partial charge in [0.05, 0.1) is 11.9 Å². The first-order valence-corrected chi connectivity index (χ1v) is 8.15. The highest BCUT2D eigenvalue weighted by molar-refractivity contribution is 9.10. The molecule has 0 saturated carbocycles. The molecule has 0 aliphatic carbocycles. The summed E-state index contributed by atoms with van der Waals surface area (Å²) in [5, 5.41) is 0. The summed E-state index contributed by atoms with van der Waals surface area (Å²) in [5.74, 6) is -2.06. The molecule has 0 unspecified atom stereocenters. The predicted octanol–water partition coefficient (Wildman–Crippen LogP) is 3.69. The molecule has 106 valence electrons. The molecule has 0 spiro atoms. The highest BCUT2D eigenvalue weighted by Crippen LogP contribution is 2.28. The van der Waals surface area contributed by atoms with Crippen LogP contribution in [0.3, 0.4) is 0 Å². The van der Waals surface area contributed by atoms with Crippen LogP contribution in [0.25, 0.3) is 0 Å². The second-order valence-corrected chi connectivity index (χ2v) is 6.96. The first-order valence-electron chi connectivity index (χ1n) is 5.08. The number of hydrogen-bond donors (Lipinski definition) is 1. The van der Waals surface area contributed by atoms with Crippen LogP contribution >= 0.6 is 31.9 Å². The first kappa shape index (κ1) is 15.3. The van der Waals surface area contributed by atoms with Crippen LogP contribution in [0, 0.1) is 11.6 Å². The lowest BCUT2D eigenvalue weighted by Crippen LogP contribution is -2.15. The van der Waals surface area contributed by atoms with Gasteiger partial charge in [-0.2, -0.15) is 0 Å². The third-order valence-corrected chi connectivity index (χ3v) is 5.03. The van der Waals surface area contributed by atoms with Gasteiger partial charge >= 0.3 is 0 Å².